The molecule has 0 aromatic carbocycles. The number of carbonyl (C=O) groups excluding carboxylic acids is 1. The van der Waals surface area contributed by atoms with E-state index in [-0.39, 0.29) is 19.4 Å². The maximum absolute atomic E-state index is 12.5. The number of esters is 1. The van der Waals surface area contributed by atoms with Crippen molar-refractivity contribution in [2.24, 2.45) is 0 Å². The Morgan fingerprint density at radius 3 is 2.42 bits per heavy atom. The summed E-state index contributed by atoms with van der Waals surface area (Å²) in [6.45, 7) is 3.29. The molecule has 0 N–H and O–H groups in total. The molecule has 72 valence electrons. The van der Waals surface area contributed by atoms with Crippen LogP contribution in [0.4, 0.5) is 8.78 Å². The molecule has 0 bridgehead atoms. The highest BCUT2D eigenvalue weighted by Crippen LogP contribution is 2.23. The lowest BCUT2D eigenvalue weighted by Gasteiger charge is -2.12. The molecule has 0 aliphatic carbocycles. The van der Waals surface area contributed by atoms with Crippen LogP contribution < -0.4 is 0 Å². The van der Waals surface area contributed by atoms with E-state index in [2.05, 4.69) is 4.74 Å². The van der Waals surface area contributed by atoms with Gasteiger partial charge in [0.2, 0.25) is 5.92 Å². The minimum Gasteiger partial charge on any atom is -0.466 e. The predicted molar refractivity (Wildman–Crippen MR) is 41.1 cm³/mol. The second-order valence-corrected chi connectivity index (χ2v) is 2.51. The van der Waals surface area contributed by atoms with Crippen molar-refractivity contribution in [2.45, 2.75) is 39.0 Å². The topological polar surface area (TPSA) is 26.3 Å². The Kier molecular flexibility index (Phi) is 4.78. The molecule has 0 aromatic rings. The summed E-state index contributed by atoms with van der Waals surface area (Å²) in [5.41, 5.74) is 0. The van der Waals surface area contributed by atoms with E-state index < -0.39 is 18.3 Å². The van der Waals surface area contributed by atoms with Crippen LogP contribution in [0.15, 0.2) is 0 Å². The van der Waals surface area contributed by atoms with Gasteiger partial charge in [-0.2, -0.15) is 0 Å². The Balaban J connectivity index is 3.60. The van der Waals surface area contributed by atoms with Gasteiger partial charge in [-0.3, -0.25) is 4.79 Å². The monoisotopic (exact) mass is 180 g/mol. The van der Waals surface area contributed by atoms with Crippen molar-refractivity contribution in [1.82, 2.24) is 0 Å². The molecule has 0 amide bonds. The van der Waals surface area contributed by atoms with Crippen LogP contribution in [0.2, 0.25) is 0 Å². The lowest BCUT2D eigenvalue weighted by molar-refractivity contribution is -0.145. The third-order valence-corrected chi connectivity index (χ3v) is 1.52. The molecule has 0 spiro atoms. The van der Waals surface area contributed by atoms with Gasteiger partial charge in [0, 0.05) is 12.8 Å². The fourth-order valence-electron chi connectivity index (χ4n) is 0.695. The van der Waals surface area contributed by atoms with Gasteiger partial charge in [0.1, 0.15) is 0 Å². The Labute approximate surface area is 70.9 Å². The van der Waals surface area contributed by atoms with Crippen molar-refractivity contribution in [3.05, 3.63) is 0 Å². The maximum Gasteiger partial charge on any atom is 0.305 e. The van der Waals surface area contributed by atoms with Crippen molar-refractivity contribution < 1.29 is 18.3 Å². The Morgan fingerprint density at radius 1 is 1.42 bits per heavy atom. The number of hydrogen-bond donors (Lipinski definition) is 0. The molecule has 0 heterocycles. The predicted octanol–water partition coefficient (Wildman–Crippen LogP) is 2.38. The van der Waals surface area contributed by atoms with Crippen LogP contribution in [0.1, 0.15) is 33.1 Å². The average molecular weight is 180 g/mol. The summed E-state index contributed by atoms with van der Waals surface area (Å²) in [5.74, 6) is -3.28. The van der Waals surface area contributed by atoms with Gasteiger partial charge in [0.05, 0.1) is 13.0 Å². The Bertz CT molecular complexity index is 146. The second-order valence-electron chi connectivity index (χ2n) is 2.51. The SMILES string of the molecule is CCOC(=O)CCC(F)(F)CC. The van der Waals surface area contributed by atoms with Crippen LogP contribution in [0.3, 0.4) is 0 Å². The first-order chi connectivity index (χ1) is 5.52. The third-order valence-electron chi connectivity index (χ3n) is 1.52. The Hall–Kier alpha value is -0.670. The van der Waals surface area contributed by atoms with Crippen molar-refractivity contribution in [3.8, 4) is 0 Å². The first-order valence-corrected chi connectivity index (χ1v) is 4.05. The smallest absolute Gasteiger partial charge is 0.305 e. The molecule has 0 aliphatic heterocycles. The van der Waals surface area contributed by atoms with E-state index in [0.717, 1.165) is 0 Å². The third kappa shape index (κ3) is 5.04. The van der Waals surface area contributed by atoms with Crippen LogP contribution >= 0.6 is 0 Å². The summed E-state index contributed by atoms with van der Waals surface area (Å²) in [5, 5.41) is 0. The fourth-order valence-corrected chi connectivity index (χ4v) is 0.695. The van der Waals surface area contributed by atoms with Gasteiger partial charge >= 0.3 is 5.97 Å². The fraction of sp³-hybridized carbons (Fsp3) is 0.875. The molecular formula is C8H14F2O2. The molecule has 0 unspecified atom stereocenters. The molecule has 0 fully saturated rings. The van der Waals surface area contributed by atoms with E-state index in [0.29, 0.717) is 0 Å². The van der Waals surface area contributed by atoms with Crippen LogP contribution in [-0.2, 0) is 9.53 Å². The highest BCUT2D eigenvalue weighted by Gasteiger charge is 2.26. The van der Waals surface area contributed by atoms with E-state index in [4.69, 9.17) is 0 Å². The number of hydrogen-bond acceptors (Lipinski definition) is 2. The van der Waals surface area contributed by atoms with E-state index in [9.17, 15) is 13.6 Å². The van der Waals surface area contributed by atoms with Crippen molar-refractivity contribution in [2.75, 3.05) is 6.61 Å². The van der Waals surface area contributed by atoms with Crippen molar-refractivity contribution >= 4 is 5.97 Å². The molecule has 0 aliphatic rings. The molecule has 4 heteroatoms. The summed E-state index contributed by atoms with van der Waals surface area (Å²) in [4.78, 5) is 10.7. The molecule has 0 saturated heterocycles. The number of carbonyl (C=O) groups is 1. The molecular weight excluding hydrogens is 166 g/mol. The number of ether oxygens (including phenoxy) is 1. The summed E-state index contributed by atoms with van der Waals surface area (Å²) in [6.07, 6.45) is -0.844. The van der Waals surface area contributed by atoms with E-state index in [1.807, 2.05) is 0 Å². The highest BCUT2D eigenvalue weighted by molar-refractivity contribution is 5.69. The van der Waals surface area contributed by atoms with E-state index >= 15 is 0 Å². The Morgan fingerprint density at radius 2 is 2.00 bits per heavy atom. The van der Waals surface area contributed by atoms with Gasteiger partial charge in [0.15, 0.2) is 0 Å². The van der Waals surface area contributed by atoms with Crippen LogP contribution in [0.5, 0.6) is 0 Å². The summed E-state index contributed by atoms with van der Waals surface area (Å²) >= 11 is 0. The van der Waals surface area contributed by atoms with Gasteiger partial charge in [0.25, 0.3) is 0 Å². The van der Waals surface area contributed by atoms with Gasteiger partial charge in [-0.1, -0.05) is 6.92 Å². The lowest BCUT2D eigenvalue weighted by atomic mass is 10.1. The van der Waals surface area contributed by atoms with Crippen molar-refractivity contribution in [1.29, 1.82) is 0 Å². The molecule has 12 heavy (non-hydrogen) atoms. The molecule has 0 rings (SSSR count). The van der Waals surface area contributed by atoms with Gasteiger partial charge in [-0.15, -0.1) is 0 Å². The zero-order valence-corrected chi connectivity index (χ0v) is 7.40. The number of halogens is 2. The maximum atomic E-state index is 12.5. The van der Waals surface area contributed by atoms with Crippen molar-refractivity contribution in [3.63, 3.8) is 0 Å². The first kappa shape index (κ1) is 11.3. The van der Waals surface area contributed by atoms with Gasteiger partial charge in [-0.25, -0.2) is 8.78 Å². The second kappa shape index (κ2) is 5.06. The van der Waals surface area contributed by atoms with E-state index in [1.54, 1.807) is 6.92 Å². The summed E-state index contributed by atoms with van der Waals surface area (Å²) in [7, 11) is 0. The minimum atomic E-state index is -2.73. The summed E-state index contributed by atoms with van der Waals surface area (Å²) < 4.78 is 29.6. The standard InChI is InChI=1S/C8H14F2O2/c1-3-8(9,10)6-5-7(11)12-4-2/h3-6H2,1-2H3. The lowest BCUT2D eigenvalue weighted by Crippen LogP contribution is -2.17. The van der Waals surface area contributed by atoms with Gasteiger partial charge in [-0.05, 0) is 6.92 Å². The molecule has 0 aromatic heterocycles. The van der Waals surface area contributed by atoms with Crippen LogP contribution in [0.25, 0.3) is 0 Å². The molecule has 2 nitrogen and oxygen atoms in total. The molecule has 0 atom stereocenters. The molecule has 0 saturated carbocycles. The number of rotatable bonds is 5. The van der Waals surface area contributed by atoms with Crippen LogP contribution in [-0.4, -0.2) is 18.5 Å². The zero-order valence-electron chi connectivity index (χ0n) is 7.40. The number of alkyl halides is 2. The van der Waals surface area contributed by atoms with E-state index in [1.165, 1.54) is 6.92 Å². The minimum absolute atomic E-state index is 0.200. The first-order valence-electron chi connectivity index (χ1n) is 4.05. The quantitative estimate of drug-likeness (QED) is 0.607. The average Bonchev–Trinajstić information content (AvgIpc) is 2.02. The zero-order chi connectivity index (χ0) is 9.61. The van der Waals surface area contributed by atoms with Crippen LogP contribution in [0, 0.1) is 0 Å². The summed E-state index contributed by atoms with van der Waals surface area (Å²) in [6, 6.07) is 0. The largest absolute Gasteiger partial charge is 0.466 e. The van der Waals surface area contributed by atoms with Gasteiger partial charge < -0.3 is 4.74 Å². The highest BCUT2D eigenvalue weighted by atomic mass is 19.3. The molecule has 0 radical (unpaired) electrons. The normalized spacial score (nSPS) is 11.3.